The first kappa shape index (κ1) is 29.4. The van der Waals surface area contributed by atoms with E-state index < -0.39 is 53.7 Å². The number of amides is 2. The van der Waals surface area contributed by atoms with Crippen molar-refractivity contribution in [1.82, 2.24) is 15.5 Å². The number of alkyl carbamates (subject to hydrolysis) is 1. The van der Waals surface area contributed by atoms with Crippen LogP contribution < -0.4 is 10.6 Å². The number of hydrogen-bond donors (Lipinski definition) is 3. The number of nitrogens with zero attached hydrogens (tertiary/aromatic N) is 1. The molecule has 38 heavy (non-hydrogen) atoms. The van der Waals surface area contributed by atoms with Gasteiger partial charge in [-0.15, -0.1) is 0 Å². The highest BCUT2D eigenvalue weighted by Crippen LogP contribution is 2.34. The van der Waals surface area contributed by atoms with Gasteiger partial charge in [0.05, 0.1) is 23.9 Å². The van der Waals surface area contributed by atoms with Crippen LogP contribution >= 0.6 is 0 Å². The van der Waals surface area contributed by atoms with Crippen molar-refractivity contribution < 1.29 is 32.6 Å². The summed E-state index contributed by atoms with van der Waals surface area (Å²) in [6.45, 7) is 8.52. The molecule has 4 atom stereocenters. The fraction of sp³-hybridized carbons (Fsp3) is 0.500. The molecule has 208 valence electrons. The second kappa shape index (κ2) is 11.7. The Morgan fingerprint density at radius 2 is 1.68 bits per heavy atom. The lowest BCUT2D eigenvalue weighted by molar-refractivity contribution is -0.140. The third-order valence-corrected chi connectivity index (χ3v) is 6.28. The average Bonchev–Trinajstić information content (AvgIpc) is 3.13. The van der Waals surface area contributed by atoms with Crippen LogP contribution in [-0.2, 0) is 28.7 Å². The van der Waals surface area contributed by atoms with Gasteiger partial charge in [-0.2, -0.15) is 13.2 Å². The van der Waals surface area contributed by atoms with Gasteiger partial charge in [0.15, 0.2) is 0 Å². The smallest absolute Gasteiger partial charge is 0.416 e. The molecule has 1 heterocycles. The van der Waals surface area contributed by atoms with E-state index in [4.69, 9.17) is 4.74 Å². The maximum Gasteiger partial charge on any atom is 0.416 e. The highest BCUT2D eigenvalue weighted by atomic mass is 19.4. The third-order valence-electron chi connectivity index (χ3n) is 6.28. The Morgan fingerprint density at radius 1 is 1.08 bits per heavy atom. The molecule has 3 rings (SSSR count). The molecule has 0 aliphatic carbocycles. The number of aliphatic hydroxyl groups excluding tert-OH is 1. The van der Waals surface area contributed by atoms with E-state index in [-0.39, 0.29) is 24.4 Å². The van der Waals surface area contributed by atoms with Gasteiger partial charge in [0.1, 0.15) is 11.6 Å². The molecular weight excluding hydrogens is 499 g/mol. The molecule has 2 amide bonds. The summed E-state index contributed by atoms with van der Waals surface area (Å²) in [6, 6.07) is 12.2. The molecule has 7 nitrogen and oxygen atoms in total. The zero-order chi connectivity index (χ0) is 28.3. The van der Waals surface area contributed by atoms with Gasteiger partial charge in [-0.3, -0.25) is 10.1 Å². The highest BCUT2D eigenvalue weighted by Gasteiger charge is 2.47. The third kappa shape index (κ3) is 7.48. The largest absolute Gasteiger partial charge is 0.444 e. The lowest BCUT2D eigenvalue weighted by atomic mass is 9.96. The molecule has 0 saturated carbocycles. The number of hydrogen-bond acceptors (Lipinski definition) is 5. The summed E-state index contributed by atoms with van der Waals surface area (Å²) in [6.07, 6.45) is -7.13. The molecule has 2 aromatic carbocycles. The summed E-state index contributed by atoms with van der Waals surface area (Å²) in [5.74, 6) is -0.710. The van der Waals surface area contributed by atoms with Crippen LogP contribution in [0.4, 0.5) is 18.0 Å². The van der Waals surface area contributed by atoms with Crippen molar-refractivity contribution in [2.24, 2.45) is 5.92 Å². The zero-order valence-corrected chi connectivity index (χ0v) is 22.3. The van der Waals surface area contributed by atoms with Gasteiger partial charge in [0.25, 0.3) is 0 Å². The van der Waals surface area contributed by atoms with Crippen molar-refractivity contribution in [2.45, 2.75) is 83.7 Å². The van der Waals surface area contributed by atoms with E-state index in [1.54, 1.807) is 20.8 Å². The monoisotopic (exact) mass is 535 g/mol. The van der Waals surface area contributed by atoms with Gasteiger partial charge in [0.2, 0.25) is 5.91 Å². The number of ether oxygens (including phenoxy) is 1. The lowest BCUT2D eigenvalue weighted by Gasteiger charge is -2.29. The minimum Gasteiger partial charge on any atom is -0.444 e. The standard InChI is InChI=1S/C28H36F3N3O4/c1-17(2)24-33-22(25(36)34(24)16-19-13-9-10-14-20(19)28(29,30)31)23(35)21(15-18-11-7-6-8-12-18)32-26(37)38-27(3,4)5/h6-14,17,21-24,33,35H,15-16H2,1-5H3,(H,32,37)/t21-,22-,23+,24?/m0/s1. The molecular formula is C28H36F3N3O4. The number of halogens is 3. The minimum atomic E-state index is -4.57. The fourth-order valence-electron chi connectivity index (χ4n) is 4.57. The summed E-state index contributed by atoms with van der Waals surface area (Å²) in [4.78, 5) is 27.5. The first-order valence-corrected chi connectivity index (χ1v) is 12.6. The van der Waals surface area contributed by atoms with Crippen LogP contribution in [-0.4, -0.2) is 52.0 Å². The molecule has 1 aliphatic rings. The molecule has 1 saturated heterocycles. The second-order valence-corrected chi connectivity index (χ2v) is 10.9. The minimum absolute atomic E-state index is 0.0383. The van der Waals surface area contributed by atoms with Crippen molar-refractivity contribution in [3.05, 3.63) is 71.3 Å². The summed E-state index contributed by atoms with van der Waals surface area (Å²) >= 11 is 0. The van der Waals surface area contributed by atoms with Crippen LogP contribution in [0.15, 0.2) is 54.6 Å². The first-order chi connectivity index (χ1) is 17.7. The summed E-state index contributed by atoms with van der Waals surface area (Å²) in [7, 11) is 0. The molecule has 0 spiro atoms. The molecule has 10 heteroatoms. The number of rotatable bonds is 8. The van der Waals surface area contributed by atoms with Crippen LogP contribution in [0.25, 0.3) is 0 Å². The quantitative estimate of drug-likeness (QED) is 0.464. The number of aliphatic hydroxyl groups is 1. The molecule has 0 radical (unpaired) electrons. The van der Waals surface area contributed by atoms with Gasteiger partial charge in [0, 0.05) is 6.54 Å². The molecule has 1 fully saturated rings. The summed E-state index contributed by atoms with van der Waals surface area (Å²) < 4.78 is 46.2. The first-order valence-electron chi connectivity index (χ1n) is 12.6. The maximum atomic E-state index is 13.6. The Kier molecular flexibility index (Phi) is 9.09. The maximum absolute atomic E-state index is 13.6. The van der Waals surface area contributed by atoms with E-state index in [2.05, 4.69) is 10.6 Å². The average molecular weight is 536 g/mol. The second-order valence-electron chi connectivity index (χ2n) is 10.9. The van der Waals surface area contributed by atoms with Gasteiger partial charge in [-0.1, -0.05) is 62.4 Å². The van der Waals surface area contributed by atoms with E-state index in [1.807, 2.05) is 44.2 Å². The van der Waals surface area contributed by atoms with Crippen molar-refractivity contribution in [3.63, 3.8) is 0 Å². The molecule has 2 aromatic rings. The Hall–Kier alpha value is -3.11. The van der Waals surface area contributed by atoms with E-state index >= 15 is 0 Å². The molecule has 0 aromatic heterocycles. The molecule has 3 N–H and O–H groups in total. The lowest BCUT2D eigenvalue weighted by Crippen LogP contribution is -2.55. The van der Waals surface area contributed by atoms with Gasteiger partial charge in [-0.05, 0) is 50.3 Å². The topological polar surface area (TPSA) is 90.9 Å². The van der Waals surface area contributed by atoms with Crippen LogP contribution in [0.3, 0.4) is 0 Å². The number of alkyl halides is 3. The van der Waals surface area contributed by atoms with Gasteiger partial charge < -0.3 is 20.1 Å². The van der Waals surface area contributed by atoms with Crippen LogP contribution in [0.5, 0.6) is 0 Å². The summed E-state index contributed by atoms with van der Waals surface area (Å²) in [5.41, 5.74) is -0.815. The van der Waals surface area contributed by atoms with Gasteiger partial charge in [-0.25, -0.2) is 4.79 Å². The van der Waals surface area contributed by atoms with Gasteiger partial charge >= 0.3 is 12.3 Å². The van der Waals surface area contributed by atoms with E-state index in [0.717, 1.165) is 11.6 Å². The van der Waals surface area contributed by atoms with Crippen LogP contribution in [0, 0.1) is 5.92 Å². The van der Waals surface area contributed by atoms with E-state index in [1.165, 1.54) is 23.1 Å². The fourth-order valence-corrected chi connectivity index (χ4v) is 4.57. The zero-order valence-electron chi connectivity index (χ0n) is 22.3. The van der Waals surface area contributed by atoms with Crippen LogP contribution in [0.1, 0.15) is 51.3 Å². The summed E-state index contributed by atoms with van der Waals surface area (Å²) in [5, 5.41) is 17.2. The predicted molar refractivity (Wildman–Crippen MR) is 137 cm³/mol. The number of carbonyl (C=O) groups excluding carboxylic acids is 2. The number of carbonyl (C=O) groups is 2. The van der Waals surface area contributed by atoms with Crippen molar-refractivity contribution >= 4 is 12.0 Å². The van der Waals surface area contributed by atoms with Crippen LogP contribution in [0.2, 0.25) is 0 Å². The Morgan fingerprint density at radius 3 is 2.26 bits per heavy atom. The van der Waals surface area contributed by atoms with Crippen molar-refractivity contribution in [1.29, 1.82) is 0 Å². The Bertz CT molecular complexity index is 1100. The number of benzene rings is 2. The predicted octanol–water partition coefficient (Wildman–Crippen LogP) is 4.48. The number of nitrogens with one attached hydrogen (secondary N) is 2. The van der Waals surface area contributed by atoms with Crippen molar-refractivity contribution in [2.75, 3.05) is 0 Å². The highest BCUT2D eigenvalue weighted by molar-refractivity contribution is 5.85. The Balaban J connectivity index is 1.88. The molecule has 1 aliphatic heterocycles. The molecule has 1 unspecified atom stereocenters. The van der Waals surface area contributed by atoms with E-state index in [0.29, 0.717) is 0 Å². The van der Waals surface area contributed by atoms with E-state index in [9.17, 15) is 27.9 Å². The SMILES string of the molecule is CC(C)C1N[C@@H]([C@H](O)[C@H](Cc2ccccc2)NC(=O)OC(C)(C)C)C(=O)N1Cc1ccccc1C(F)(F)F. The Labute approximate surface area is 221 Å². The molecule has 0 bridgehead atoms. The van der Waals surface area contributed by atoms with Crippen molar-refractivity contribution in [3.8, 4) is 0 Å². The normalized spacial score (nSPS) is 19.9.